The Morgan fingerprint density at radius 2 is 1.93 bits per heavy atom. The minimum absolute atomic E-state index is 0.0371. The third-order valence-electron chi connectivity index (χ3n) is 3.89. The second-order valence-corrected chi connectivity index (χ2v) is 5.90. The molecule has 0 aliphatic carbocycles. The van der Waals surface area contributed by atoms with Gasteiger partial charge in [-0.25, -0.2) is 0 Å². The summed E-state index contributed by atoms with van der Waals surface area (Å²) in [6.45, 7) is 3.38. The molecule has 0 aliphatic rings. The van der Waals surface area contributed by atoms with Crippen molar-refractivity contribution in [3.8, 4) is 6.07 Å². The van der Waals surface area contributed by atoms with Crippen LogP contribution in [0.2, 0.25) is 0 Å². The van der Waals surface area contributed by atoms with Gasteiger partial charge in [0.05, 0.1) is 22.6 Å². The number of aryl methyl sites for hydroxylation is 2. The number of carbonyl (C=O) groups is 2. The molecule has 0 fully saturated rings. The Balaban J connectivity index is 1.92. The quantitative estimate of drug-likeness (QED) is 0.476. The standard InChI is InChI=1S/C19H17N3O5/c1-12-3-4-14(7-13(12)2)8-19(24)27-11-18(23)21-17-6-5-16(22(25)26)9-15(17)10-20/h3-7,9H,8,11H2,1-2H3,(H,21,23). The molecule has 1 amide bonds. The first-order chi connectivity index (χ1) is 12.8. The SMILES string of the molecule is Cc1ccc(CC(=O)OCC(=O)Nc2ccc([N+](=O)[O-])cc2C#N)cc1C. The van der Waals surface area contributed by atoms with Crippen LogP contribution in [-0.4, -0.2) is 23.4 Å². The number of carbonyl (C=O) groups excluding carboxylic acids is 2. The maximum Gasteiger partial charge on any atom is 0.310 e. The molecule has 2 aromatic rings. The predicted octanol–water partition coefficient (Wildman–Crippen LogP) is 2.81. The molecule has 2 aromatic carbocycles. The van der Waals surface area contributed by atoms with Gasteiger partial charge in [-0.3, -0.25) is 19.7 Å². The number of hydrogen-bond donors (Lipinski definition) is 1. The highest BCUT2D eigenvalue weighted by Crippen LogP contribution is 2.21. The van der Waals surface area contributed by atoms with Crippen LogP contribution in [0.15, 0.2) is 36.4 Å². The average molecular weight is 367 g/mol. The van der Waals surface area contributed by atoms with E-state index in [4.69, 9.17) is 10.00 Å². The molecule has 0 spiro atoms. The van der Waals surface area contributed by atoms with Gasteiger partial charge in [0.25, 0.3) is 11.6 Å². The van der Waals surface area contributed by atoms with Crippen molar-refractivity contribution in [3.63, 3.8) is 0 Å². The number of benzene rings is 2. The molecule has 27 heavy (non-hydrogen) atoms. The van der Waals surface area contributed by atoms with Gasteiger partial charge in [0, 0.05) is 12.1 Å². The molecular formula is C19H17N3O5. The van der Waals surface area contributed by atoms with Gasteiger partial charge in [-0.15, -0.1) is 0 Å². The van der Waals surface area contributed by atoms with Crippen molar-refractivity contribution < 1.29 is 19.2 Å². The van der Waals surface area contributed by atoms with Gasteiger partial charge < -0.3 is 10.1 Å². The van der Waals surface area contributed by atoms with Crippen LogP contribution in [-0.2, 0) is 20.7 Å². The van der Waals surface area contributed by atoms with E-state index in [1.807, 2.05) is 32.0 Å². The molecule has 0 saturated heterocycles. The Kier molecular flexibility index (Phi) is 6.23. The molecule has 0 saturated carbocycles. The van der Waals surface area contributed by atoms with E-state index in [-0.39, 0.29) is 23.4 Å². The number of non-ortho nitro benzene ring substituents is 1. The highest BCUT2D eigenvalue weighted by atomic mass is 16.6. The van der Waals surface area contributed by atoms with Crippen molar-refractivity contribution in [1.29, 1.82) is 5.26 Å². The maximum atomic E-state index is 11.9. The average Bonchev–Trinajstić information content (AvgIpc) is 2.63. The summed E-state index contributed by atoms with van der Waals surface area (Å²) in [5.74, 6) is -1.20. The lowest BCUT2D eigenvalue weighted by Crippen LogP contribution is -2.22. The number of amides is 1. The van der Waals surface area contributed by atoms with Gasteiger partial charge in [-0.2, -0.15) is 5.26 Å². The first-order valence-corrected chi connectivity index (χ1v) is 8.00. The summed E-state index contributed by atoms with van der Waals surface area (Å²) in [7, 11) is 0. The van der Waals surface area contributed by atoms with Gasteiger partial charge in [0.15, 0.2) is 6.61 Å². The van der Waals surface area contributed by atoms with Crippen LogP contribution in [0.3, 0.4) is 0 Å². The minimum atomic E-state index is -0.645. The van der Waals surface area contributed by atoms with Crippen molar-refractivity contribution in [2.75, 3.05) is 11.9 Å². The van der Waals surface area contributed by atoms with E-state index in [1.165, 1.54) is 12.1 Å². The van der Waals surface area contributed by atoms with Crippen molar-refractivity contribution in [2.45, 2.75) is 20.3 Å². The molecule has 0 unspecified atom stereocenters. The van der Waals surface area contributed by atoms with Crippen molar-refractivity contribution in [1.82, 2.24) is 0 Å². The lowest BCUT2D eigenvalue weighted by Gasteiger charge is -2.08. The summed E-state index contributed by atoms with van der Waals surface area (Å²) in [4.78, 5) is 33.9. The fourth-order valence-electron chi connectivity index (χ4n) is 2.31. The highest BCUT2D eigenvalue weighted by molar-refractivity contribution is 5.94. The maximum absolute atomic E-state index is 11.9. The van der Waals surface area contributed by atoms with Crippen molar-refractivity contribution in [3.05, 3.63) is 68.8 Å². The van der Waals surface area contributed by atoms with Crippen LogP contribution in [0.25, 0.3) is 0 Å². The molecule has 0 atom stereocenters. The van der Waals surface area contributed by atoms with Crippen LogP contribution in [0.4, 0.5) is 11.4 Å². The molecule has 0 heterocycles. The molecule has 1 N–H and O–H groups in total. The Bertz CT molecular complexity index is 947. The molecule has 8 nitrogen and oxygen atoms in total. The number of hydrogen-bond acceptors (Lipinski definition) is 6. The second kappa shape index (κ2) is 8.58. The first-order valence-electron chi connectivity index (χ1n) is 8.00. The van der Waals surface area contributed by atoms with Gasteiger partial charge in [-0.1, -0.05) is 18.2 Å². The van der Waals surface area contributed by atoms with E-state index >= 15 is 0 Å². The molecule has 0 aliphatic heterocycles. The number of nitriles is 1. The summed E-state index contributed by atoms with van der Waals surface area (Å²) >= 11 is 0. The van der Waals surface area contributed by atoms with Gasteiger partial charge >= 0.3 is 5.97 Å². The number of ether oxygens (including phenoxy) is 1. The fourth-order valence-corrected chi connectivity index (χ4v) is 2.31. The summed E-state index contributed by atoms with van der Waals surface area (Å²) in [6, 6.07) is 10.9. The number of rotatable bonds is 6. The van der Waals surface area contributed by atoms with E-state index in [1.54, 1.807) is 6.07 Å². The van der Waals surface area contributed by atoms with E-state index in [9.17, 15) is 19.7 Å². The lowest BCUT2D eigenvalue weighted by molar-refractivity contribution is -0.384. The van der Waals surface area contributed by atoms with Crippen LogP contribution < -0.4 is 5.32 Å². The van der Waals surface area contributed by atoms with Crippen LogP contribution in [0, 0.1) is 35.3 Å². The highest BCUT2D eigenvalue weighted by Gasteiger charge is 2.14. The molecule has 0 bridgehead atoms. The number of esters is 1. The summed E-state index contributed by atoms with van der Waals surface area (Å²) in [5, 5.41) is 22.2. The third kappa shape index (κ3) is 5.37. The van der Waals surface area contributed by atoms with E-state index in [2.05, 4.69) is 5.32 Å². The molecule has 138 valence electrons. The van der Waals surface area contributed by atoms with Gasteiger partial charge in [0.2, 0.25) is 0 Å². The van der Waals surface area contributed by atoms with E-state index < -0.39 is 23.4 Å². The Labute approximate surface area is 155 Å². The number of nitrogens with zero attached hydrogens (tertiary/aromatic N) is 2. The fraction of sp³-hybridized carbons (Fsp3) is 0.211. The summed E-state index contributed by atoms with van der Waals surface area (Å²) in [6.07, 6.45) is 0.0371. The zero-order valence-corrected chi connectivity index (χ0v) is 14.8. The normalized spacial score (nSPS) is 9.96. The summed E-state index contributed by atoms with van der Waals surface area (Å²) in [5.41, 5.74) is 2.75. The molecule has 0 aromatic heterocycles. The lowest BCUT2D eigenvalue weighted by atomic mass is 10.0. The smallest absolute Gasteiger partial charge is 0.310 e. The minimum Gasteiger partial charge on any atom is -0.455 e. The Hall–Kier alpha value is -3.73. The van der Waals surface area contributed by atoms with Crippen molar-refractivity contribution >= 4 is 23.3 Å². The second-order valence-electron chi connectivity index (χ2n) is 5.90. The molecule has 8 heteroatoms. The van der Waals surface area contributed by atoms with Crippen LogP contribution >= 0.6 is 0 Å². The van der Waals surface area contributed by atoms with Crippen LogP contribution in [0.5, 0.6) is 0 Å². The van der Waals surface area contributed by atoms with Gasteiger partial charge in [-0.05, 0) is 36.6 Å². The Morgan fingerprint density at radius 1 is 1.19 bits per heavy atom. The zero-order valence-electron chi connectivity index (χ0n) is 14.8. The first kappa shape index (κ1) is 19.6. The number of nitro groups is 1. The predicted molar refractivity (Wildman–Crippen MR) is 97.0 cm³/mol. The van der Waals surface area contributed by atoms with E-state index in [0.29, 0.717) is 0 Å². The molecule has 2 rings (SSSR count). The largest absolute Gasteiger partial charge is 0.455 e. The number of nitrogens with one attached hydrogen (secondary N) is 1. The summed E-state index contributed by atoms with van der Waals surface area (Å²) < 4.78 is 4.94. The zero-order chi connectivity index (χ0) is 20.0. The number of anilines is 1. The molecule has 0 radical (unpaired) electrons. The van der Waals surface area contributed by atoms with Crippen molar-refractivity contribution in [2.24, 2.45) is 0 Å². The molecular weight excluding hydrogens is 350 g/mol. The topological polar surface area (TPSA) is 122 Å². The van der Waals surface area contributed by atoms with Gasteiger partial charge in [0.1, 0.15) is 6.07 Å². The third-order valence-corrected chi connectivity index (χ3v) is 3.89. The number of nitro benzene ring substituents is 1. The van der Waals surface area contributed by atoms with E-state index in [0.717, 1.165) is 22.8 Å². The monoisotopic (exact) mass is 367 g/mol. The van der Waals surface area contributed by atoms with Crippen LogP contribution in [0.1, 0.15) is 22.3 Å². The Morgan fingerprint density at radius 3 is 2.56 bits per heavy atom.